The van der Waals surface area contributed by atoms with Gasteiger partial charge in [0.2, 0.25) is 0 Å². The fraction of sp³-hybridized carbons (Fsp3) is 1.00. The van der Waals surface area contributed by atoms with Gasteiger partial charge in [-0.1, -0.05) is 25.4 Å². The van der Waals surface area contributed by atoms with Gasteiger partial charge in [0.15, 0.2) is 0 Å². The Morgan fingerprint density at radius 2 is 1.56 bits per heavy atom. The van der Waals surface area contributed by atoms with Gasteiger partial charge in [0.05, 0.1) is 0 Å². The Balaban J connectivity index is 3.43. The van der Waals surface area contributed by atoms with Crippen LogP contribution in [0.1, 0.15) is 20.8 Å². The van der Waals surface area contributed by atoms with Gasteiger partial charge in [-0.15, -0.1) is 0 Å². The van der Waals surface area contributed by atoms with Crippen molar-refractivity contribution < 1.29 is 0 Å². The van der Waals surface area contributed by atoms with Crippen LogP contribution >= 0.6 is 11.6 Å². The van der Waals surface area contributed by atoms with Gasteiger partial charge in [-0.25, -0.2) is 0 Å². The van der Waals surface area contributed by atoms with Crippen LogP contribution in [-0.2, 0) is 0 Å². The van der Waals surface area contributed by atoms with Crippen molar-refractivity contribution in [3.05, 3.63) is 0 Å². The number of halogens is 1. The molecule has 0 radical (unpaired) electrons. The molecule has 2 N–H and O–H groups in total. The maximum Gasteiger partial charge on any atom is 0.143 e. The minimum Gasteiger partial charge on any atom is -0.287 e. The highest BCUT2D eigenvalue weighted by Gasteiger charge is 2.15. The van der Waals surface area contributed by atoms with Gasteiger partial charge in [-0.2, -0.15) is 0 Å². The summed E-state index contributed by atoms with van der Waals surface area (Å²) in [5.74, 6) is 0. The van der Waals surface area contributed by atoms with Gasteiger partial charge in [-0.3, -0.25) is 10.6 Å². The predicted molar refractivity (Wildman–Crippen MR) is 41.6 cm³/mol. The Kier molecular flexibility index (Phi) is 4.19. The van der Waals surface area contributed by atoms with E-state index < -0.39 is 5.12 Å². The first-order valence-electron chi connectivity index (χ1n) is 3.31. The van der Waals surface area contributed by atoms with Crippen molar-refractivity contribution >= 4 is 11.6 Å². The number of nitrogens with one attached hydrogen (secondary N) is 2. The molecular formula is C6H15ClN2. The zero-order valence-electron chi connectivity index (χ0n) is 6.29. The predicted octanol–water partition coefficient (Wildman–Crippen LogP) is 1.12. The Labute approximate surface area is 62.0 Å². The highest BCUT2D eigenvalue weighted by atomic mass is 35.5. The second-order valence-corrected chi connectivity index (χ2v) is 2.82. The fourth-order valence-electron chi connectivity index (χ4n) is 0.726. The molecule has 0 bridgehead atoms. The second kappa shape index (κ2) is 4.09. The van der Waals surface area contributed by atoms with Crippen molar-refractivity contribution in [1.29, 1.82) is 0 Å². The first-order chi connectivity index (χ1) is 4.12. The Morgan fingerprint density at radius 1 is 1.22 bits per heavy atom. The molecule has 0 aliphatic rings. The monoisotopic (exact) mass is 150 g/mol. The van der Waals surface area contributed by atoms with Crippen molar-refractivity contribution in [3.8, 4) is 0 Å². The van der Waals surface area contributed by atoms with Gasteiger partial charge in [0.1, 0.15) is 5.12 Å². The largest absolute Gasteiger partial charge is 0.287 e. The average molecular weight is 151 g/mol. The number of rotatable bonds is 4. The molecule has 0 aliphatic heterocycles. The standard InChI is InChI=1S/C6H15ClN2/c1-4-8-6(3,7)9-5-2/h8-9H,4-5H2,1-3H3. The minimum absolute atomic E-state index is 0.427. The maximum atomic E-state index is 5.91. The summed E-state index contributed by atoms with van der Waals surface area (Å²) < 4.78 is 0. The molecule has 0 amide bonds. The molecule has 0 spiro atoms. The van der Waals surface area contributed by atoms with Gasteiger partial charge in [0, 0.05) is 0 Å². The summed E-state index contributed by atoms with van der Waals surface area (Å²) in [5.41, 5.74) is 0. The van der Waals surface area contributed by atoms with Crippen molar-refractivity contribution in [3.63, 3.8) is 0 Å². The zero-order valence-corrected chi connectivity index (χ0v) is 7.05. The number of hydrogen-bond acceptors (Lipinski definition) is 2. The first kappa shape index (κ1) is 9.21. The third-order valence-corrected chi connectivity index (χ3v) is 1.28. The highest BCUT2D eigenvalue weighted by molar-refractivity contribution is 6.23. The average Bonchev–Trinajstić information content (AvgIpc) is 1.64. The normalized spacial score (nSPS) is 12.0. The lowest BCUT2D eigenvalue weighted by Gasteiger charge is -2.23. The summed E-state index contributed by atoms with van der Waals surface area (Å²) in [6.45, 7) is 7.72. The summed E-state index contributed by atoms with van der Waals surface area (Å²) in [6, 6.07) is 0. The van der Waals surface area contributed by atoms with E-state index in [2.05, 4.69) is 10.6 Å². The lowest BCUT2D eigenvalue weighted by molar-refractivity contribution is 0.421. The van der Waals surface area contributed by atoms with Crippen LogP contribution in [0.4, 0.5) is 0 Å². The van der Waals surface area contributed by atoms with Crippen LogP contribution < -0.4 is 10.6 Å². The number of hydrogen-bond donors (Lipinski definition) is 2. The second-order valence-electron chi connectivity index (χ2n) is 2.06. The third kappa shape index (κ3) is 4.70. The summed E-state index contributed by atoms with van der Waals surface area (Å²) >= 11 is 5.91. The molecule has 0 saturated carbocycles. The van der Waals surface area contributed by atoms with E-state index in [-0.39, 0.29) is 0 Å². The molecule has 3 heteroatoms. The molecule has 0 fully saturated rings. The smallest absolute Gasteiger partial charge is 0.143 e. The van der Waals surface area contributed by atoms with Gasteiger partial charge in [0.25, 0.3) is 0 Å². The van der Waals surface area contributed by atoms with E-state index in [4.69, 9.17) is 11.6 Å². The van der Waals surface area contributed by atoms with Crippen LogP contribution in [0.15, 0.2) is 0 Å². The third-order valence-electron chi connectivity index (χ3n) is 1.02. The SMILES string of the molecule is CCNC(C)(Cl)NCC. The van der Waals surface area contributed by atoms with Crippen LogP contribution in [0, 0.1) is 0 Å². The van der Waals surface area contributed by atoms with E-state index in [0.29, 0.717) is 0 Å². The highest BCUT2D eigenvalue weighted by Crippen LogP contribution is 2.02. The maximum absolute atomic E-state index is 5.91. The molecule has 0 aliphatic carbocycles. The first-order valence-corrected chi connectivity index (χ1v) is 3.69. The summed E-state index contributed by atoms with van der Waals surface area (Å²) in [6.07, 6.45) is 0. The molecule has 0 aromatic rings. The molecule has 0 atom stereocenters. The molecule has 2 nitrogen and oxygen atoms in total. The molecule has 0 rings (SSSR count). The van der Waals surface area contributed by atoms with E-state index in [1.807, 2.05) is 20.8 Å². The van der Waals surface area contributed by atoms with Crippen molar-refractivity contribution in [2.24, 2.45) is 0 Å². The fourth-order valence-corrected chi connectivity index (χ4v) is 0.994. The molecule has 0 unspecified atom stereocenters. The van der Waals surface area contributed by atoms with Crippen LogP contribution in [-0.4, -0.2) is 18.2 Å². The molecule has 0 aromatic heterocycles. The van der Waals surface area contributed by atoms with Crippen LogP contribution in [0.2, 0.25) is 0 Å². The van der Waals surface area contributed by atoms with Crippen molar-refractivity contribution in [2.45, 2.75) is 25.9 Å². The van der Waals surface area contributed by atoms with Crippen LogP contribution in [0.25, 0.3) is 0 Å². The molecule has 0 heterocycles. The van der Waals surface area contributed by atoms with Gasteiger partial charge >= 0.3 is 0 Å². The van der Waals surface area contributed by atoms with Crippen molar-refractivity contribution in [2.75, 3.05) is 13.1 Å². The summed E-state index contributed by atoms with van der Waals surface area (Å²) in [4.78, 5) is 0. The molecule has 9 heavy (non-hydrogen) atoms. The zero-order chi connectivity index (χ0) is 7.33. The van der Waals surface area contributed by atoms with Crippen LogP contribution in [0.3, 0.4) is 0 Å². The van der Waals surface area contributed by atoms with E-state index in [1.54, 1.807) is 0 Å². The van der Waals surface area contributed by atoms with E-state index in [0.717, 1.165) is 13.1 Å². The van der Waals surface area contributed by atoms with E-state index in [9.17, 15) is 0 Å². The van der Waals surface area contributed by atoms with Crippen LogP contribution in [0.5, 0.6) is 0 Å². The summed E-state index contributed by atoms with van der Waals surface area (Å²) in [5, 5.41) is 5.73. The molecule has 0 aromatic carbocycles. The Hall–Kier alpha value is 0.210. The van der Waals surface area contributed by atoms with Crippen molar-refractivity contribution in [1.82, 2.24) is 10.6 Å². The lowest BCUT2D eigenvalue weighted by Crippen LogP contribution is -2.49. The van der Waals surface area contributed by atoms with Gasteiger partial charge in [-0.05, 0) is 20.0 Å². The van der Waals surface area contributed by atoms with Gasteiger partial charge < -0.3 is 0 Å². The number of alkyl halides is 1. The Bertz CT molecular complexity index is 65.5. The van der Waals surface area contributed by atoms with E-state index in [1.165, 1.54) is 0 Å². The molecule has 0 saturated heterocycles. The minimum atomic E-state index is -0.427. The molecular weight excluding hydrogens is 136 g/mol. The lowest BCUT2D eigenvalue weighted by atomic mass is 10.5. The topological polar surface area (TPSA) is 24.1 Å². The molecule has 56 valence electrons. The summed E-state index contributed by atoms with van der Waals surface area (Å²) in [7, 11) is 0. The Morgan fingerprint density at radius 3 is 1.78 bits per heavy atom. The quantitative estimate of drug-likeness (QED) is 0.357. The van der Waals surface area contributed by atoms with E-state index >= 15 is 0 Å².